The number of nitrogens with one attached hydrogen (secondary N) is 1. The summed E-state index contributed by atoms with van der Waals surface area (Å²) >= 11 is 3.46. The maximum absolute atomic E-state index is 11.6. The summed E-state index contributed by atoms with van der Waals surface area (Å²) in [4.78, 5) is 11.6. The van der Waals surface area contributed by atoms with Crippen molar-refractivity contribution in [2.75, 3.05) is 0 Å². The Morgan fingerprint density at radius 3 is 2.42 bits per heavy atom. The van der Waals surface area contributed by atoms with Crippen molar-refractivity contribution in [3.63, 3.8) is 0 Å². The van der Waals surface area contributed by atoms with Gasteiger partial charge < -0.3 is 0 Å². The average Bonchev–Trinajstić information content (AvgIpc) is 2.45. The second kappa shape index (κ2) is 6.50. The summed E-state index contributed by atoms with van der Waals surface area (Å²) < 4.78 is 0.999. The molecule has 0 aliphatic rings. The number of hydrogen-bond donors (Lipinski definition) is 2. The van der Waals surface area contributed by atoms with Crippen LogP contribution in [-0.2, 0) is 4.79 Å². The van der Waals surface area contributed by atoms with E-state index in [-0.39, 0.29) is 11.8 Å². The van der Waals surface area contributed by atoms with Crippen LogP contribution in [0.4, 0.5) is 0 Å². The molecule has 0 bridgehead atoms. The molecule has 0 fully saturated rings. The van der Waals surface area contributed by atoms with Gasteiger partial charge in [0.15, 0.2) is 0 Å². The van der Waals surface area contributed by atoms with Gasteiger partial charge in [-0.2, -0.15) is 0 Å². The van der Waals surface area contributed by atoms with Crippen molar-refractivity contribution >= 4 is 21.8 Å². The molecule has 1 atom stereocenters. The Kier molecular flexibility index (Phi) is 4.71. The van der Waals surface area contributed by atoms with Crippen molar-refractivity contribution in [2.45, 2.75) is 12.3 Å². The van der Waals surface area contributed by atoms with Gasteiger partial charge in [-0.3, -0.25) is 10.2 Å². The third-order valence-corrected chi connectivity index (χ3v) is 3.50. The molecule has 3 nitrogen and oxygen atoms in total. The van der Waals surface area contributed by atoms with Crippen molar-refractivity contribution in [2.24, 2.45) is 5.84 Å². The number of hydrogen-bond acceptors (Lipinski definition) is 2. The van der Waals surface area contributed by atoms with Crippen molar-refractivity contribution in [1.29, 1.82) is 0 Å². The lowest BCUT2D eigenvalue weighted by atomic mass is 9.88. The summed E-state index contributed by atoms with van der Waals surface area (Å²) in [5.41, 5.74) is 4.39. The quantitative estimate of drug-likeness (QED) is 0.517. The summed E-state index contributed by atoms with van der Waals surface area (Å²) in [5.74, 6) is 5.03. The Balaban J connectivity index is 2.37. The third-order valence-electron chi connectivity index (χ3n) is 3.00. The molecule has 98 valence electrons. The molecule has 19 heavy (non-hydrogen) atoms. The van der Waals surface area contributed by atoms with Gasteiger partial charge in [-0.05, 0) is 23.3 Å². The summed E-state index contributed by atoms with van der Waals surface area (Å²) in [5, 5.41) is 0. The van der Waals surface area contributed by atoms with E-state index in [2.05, 4.69) is 21.4 Å². The van der Waals surface area contributed by atoms with E-state index in [0.717, 1.165) is 15.6 Å². The number of carbonyl (C=O) groups is 1. The van der Waals surface area contributed by atoms with Crippen LogP contribution >= 0.6 is 15.9 Å². The van der Waals surface area contributed by atoms with Gasteiger partial charge in [0.1, 0.15) is 0 Å². The van der Waals surface area contributed by atoms with Gasteiger partial charge in [0.2, 0.25) is 5.91 Å². The zero-order valence-corrected chi connectivity index (χ0v) is 11.9. The van der Waals surface area contributed by atoms with E-state index in [4.69, 9.17) is 5.84 Å². The number of hydrazine groups is 1. The predicted octanol–water partition coefficient (Wildman–Crippen LogP) is 2.96. The van der Waals surface area contributed by atoms with E-state index in [0.29, 0.717) is 6.42 Å². The van der Waals surface area contributed by atoms with Crippen LogP contribution in [0.15, 0.2) is 59.1 Å². The van der Waals surface area contributed by atoms with Crippen LogP contribution in [0, 0.1) is 0 Å². The van der Waals surface area contributed by atoms with Crippen LogP contribution in [0.1, 0.15) is 23.5 Å². The average molecular weight is 319 g/mol. The molecule has 2 aromatic carbocycles. The molecule has 0 spiro atoms. The molecular weight excluding hydrogens is 304 g/mol. The zero-order chi connectivity index (χ0) is 13.7. The number of nitrogens with two attached hydrogens (primary N) is 1. The van der Waals surface area contributed by atoms with Crippen molar-refractivity contribution in [3.05, 3.63) is 70.2 Å². The molecule has 0 saturated heterocycles. The first-order valence-corrected chi connectivity index (χ1v) is 6.80. The standard InChI is InChI=1S/C15H15BrN2O/c16-13-8-4-7-12(9-13)14(10-15(19)18-17)11-5-2-1-3-6-11/h1-9,14H,10,17H2,(H,18,19). The highest BCUT2D eigenvalue weighted by molar-refractivity contribution is 9.10. The summed E-state index contributed by atoms with van der Waals surface area (Å²) in [6.07, 6.45) is 0.330. The molecule has 0 aliphatic carbocycles. The van der Waals surface area contributed by atoms with Gasteiger partial charge in [0, 0.05) is 16.8 Å². The van der Waals surface area contributed by atoms with Crippen molar-refractivity contribution < 1.29 is 4.79 Å². The van der Waals surface area contributed by atoms with E-state index in [9.17, 15) is 4.79 Å². The van der Waals surface area contributed by atoms with E-state index < -0.39 is 0 Å². The van der Waals surface area contributed by atoms with Crippen LogP contribution in [0.3, 0.4) is 0 Å². The zero-order valence-electron chi connectivity index (χ0n) is 10.3. The number of benzene rings is 2. The van der Waals surface area contributed by atoms with Gasteiger partial charge in [0.25, 0.3) is 0 Å². The summed E-state index contributed by atoms with van der Waals surface area (Å²) in [6, 6.07) is 17.9. The van der Waals surface area contributed by atoms with Crippen LogP contribution in [0.5, 0.6) is 0 Å². The van der Waals surface area contributed by atoms with Gasteiger partial charge in [-0.15, -0.1) is 0 Å². The SMILES string of the molecule is NNC(=O)CC(c1ccccc1)c1cccc(Br)c1. The normalized spacial score (nSPS) is 11.9. The van der Waals surface area contributed by atoms with Crippen molar-refractivity contribution in [1.82, 2.24) is 5.43 Å². The Morgan fingerprint density at radius 1 is 1.11 bits per heavy atom. The lowest BCUT2D eigenvalue weighted by Gasteiger charge is -2.17. The molecular formula is C15H15BrN2O. The highest BCUT2D eigenvalue weighted by Gasteiger charge is 2.17. The fraction of sp³-hybridized carbons (Fsp3) is 0.133. The molecule has 3 N–H and O–H groups in total. The minimum Gasteiger partial charge on any atom is -0.294 e. The molecule has 0 radical (unpaired) electrons. The Hall–Kier alpha value is -1.65. The molecule has 0 saturated carbocycles. The molecule has 4 heteroatoms. The third kappa shape index (κ3) is 3.66. The predicted molar refractivity (Wildman–Crippen MR) is 79.4 cm³/mol. The molecule has 1 amide bonds. The molecule has 0 heterocycles. The minimum absolute atomic E-state index is 0.00208. The fourth-order valence-corrected chi connectivity index (χ4v) is 2.50. The maximum Gasteiger partial charge on any atom is 0.234 e. The highest BCUT2D eigenvalue weighted by atomic mass is 79.9. The second-order valence-electron chi connectivity index (χ2n) is 4.29. The molecule has 2 aromatic rings. The summed E-state index contributed by atoms with van der Waals surface area (Å²) in [7, 11) is 0. The Morgan fingerprint density at radius 2 is 1.79 bits per heavy atom. The Labute approximate surface area is 120 Å². The smallest absolute Gasteiger partial charge is 0.234 e. The van der Waals surface area contributed by atoms with E-state index >= 15 is 0 Å². The van der Waals surface area contributed by atoms with E-state index in [1.54, 1.807) is 0 Å². The second-order valence-corrected chi connectivity index (χ2v) is 5.21. The van der Waals surface area contributed by atoms with Gasteiger partial charge >= 0.3 is 0 Å². The van der Waals surface area contributed by atoms with Gasteiger partial charge in [0.05, 0.1) is 0 Å². The van der Waals surface area contributed by atoms with Gasteiger partial charge in [-0.1, -0.05) is 58.4 Å². The first-order valence-electron chi connectivity index (χ1n) is 6.00. The fourth-order valence-electron chi connectivity index (χ4n) is 2.08. The van der Waals surface area contributed by atoms with Crippen LogP contribution in [0.25, 0.3) is 0 Å². The van der Waals surface area contributed by atoms with Crippen molar-refractivity contribution in [3.8, 4) is 0 Å². The lowest BCUT2D eigenvalue weighted by Crippen LogP contribution is -2.31. The van der Waals surface area contributed by atoms with Crippen LogP contribution in [0.2, 0.25) is 0 Å². The molecule has 2 rings (SSSR count). The number of amides is 1. The number of carbonyl (C=O) groups excluding carboxylic acids is 1. The maximum atomic E-state index is 11.6. The minimum atomic E-state index is -0.172. The number of rotatable bonds is 4. The molecule has 1 unspecified atom stereocenters. The Bertz CT molecular complexity index is 557. The van der Waals surface area contributed by atoms with Crippen LogP contribution in [-0.4, -0.2) is 5.91 Å². The largest absolute Gasteiger partial charge is 0.294 e. The first kappa shape index (κ1) is 13.8. The lowest BCUT2D eigenvalue weighted by molar-refractivity contribution is -0.121. The van der Waals surface area contributed by atoms with Gasteiger partial charge in [-0.25, -0.2) is 5.84 Å². The highest BCUT2D eigenvalue weighted by Crippen LogP contribution is 2.29. The number of halogens is 1. The topological polar surface area (TPSA) is 55.1 Å². The monoisotopic (exact) mass is 318 g/mol. The molecule has 0 aromatic heterocycles. The summed E-state index contributed by atoms with van der Waals surface area (Å²) in [6.45, 7) is 0. The van der Waals surface area contributed by atoms with Crippen LogP contribution < -0.4 is 11.3 Å². The van der Waals surface area contributed by atoms with E-state index in [1.807, 2.05) is 54.6 Å². The molecule has 0 aliphatic heterocycles. The van der Waals surface area contributed by atoms with E-state index in [1.165, 1.54) is 0 Å². The first-order chi connectivity index (χ1) is 9.20.